The van der Waals surface area contributed by atoms with Crippen LogP contribution in [0.15, 0.2) is 39.3 Å². The highest BCUT2D eigenvalue weighted by molar-refractivity contribution is 8.02. The fraction of sp³-hybridized carbons (Fsp3) is 0.118. The van der Waals surface area contributed by atoms with Gasteiger partial charge in [-0.3, -0.25) is 9.59 Å². The number of carbonyl (C=O) groups excluding carboxylic acids is 1. The SMILES string of the molecule is Cc1ccccc1NC(=O)CSc1sc2c(O)cc(=O)[nH]c2c1C#N. The molecule has 8 heteroatoms. The largest absolute Gasteiger partial charge is 0.506 e. The molecule has 3 rings (SSSR count). The van der Waals surface area contributed by atoms with Crippen molar-refractivity contribution < 1.29 is 9.90 Å². The Morgan fingerprint density at radius 2 is 2.20 bits per heavy atom. The van der Waals surface area contributed by atoms with Gasteiger partial charge in [-0.15, -0.1) is 23.1 Å². The fourth-order valence-corrected chi connectivity index (χ4v) is 4.44. The highest BCUT2D eigenvalue weighted by Crippen LogP contribution is 2.39. The van der Waals surface area contributed by atoms with Gasteiger partial charge in [0.15, 0.2) is 0 Å². The van der Waals surface area contributed by atoms with Gasteiger partial charge in [0, 0.05) is 11.8 Å². The molecule has 25 heavy (non-hydrogen) atoms. The first-order chi connectivity index (χ1) is 12.0. The van der Waals surface area contributed by atoms with Gasteiger partial charge in [-0.2, -0.15) is 5.26 Å². The number of rotatable bonds is 4. The zero-order valence-electron chi connectivity index (χ0n) is 13.1. The van der Waals surface area contributed by atoms with E-state index >= 15 is 0 Å². The number of thiophene rings is 1. The predicted molar refractivity (Wildman–Crippen MR) is 99.4 cm³/mol. The number of hydrogen-bond acceptors (Lipinski definition) is 6. The molecule has 126 valence electrons. The van der Waals surface area contributed by atoms with Gasteiger partial charge < -0.3 is 15.4 Å². The summed E-state index contributed by atoms with van der Waals surface area (Å²) in [5, 5.41) is 22.1. The van der Waals surface area contributed by atoms with E-state index in [-0.39, 0.29) is 23.0 Å². The molecule has 3 aromatic rings. The Balaban J connectivity index is 1.81. The maximum atomic E-state index is 12.2. The van der Waals surface area contributed by atoms with Crippen molar-refractivity contribution >= 4 is 44.9 Å². The number of aromatic amines is 1. The van der Waals surface area contributed by atoms with E-state index in [9.17, 15) is 20.0 Å². The molecular weight excluding hydrogens is 358 g/mol. The number of aromatic hydroxyl groups is 1. The molecule has 0 spiro atoms. The molecule has 0 aliphatic heterocycles. The van der Waals surface area contributed by atoms with Crippen LogP contribution in [0.5, 0.6) is 5.75 Å². The summed E-state index contributed by atoms with van der Waals surface area (Å²) >= 11 is 2.37. The van der Waals surface area contributed by atoms with Gasteiger partial charge >= 0.3 is 0 Å². The zero-order chi connectivity index (χ0) is 18.0. The van der Waals surface area contributed by atoms with Gasteiger partial charge in [-0.25, -0.2) is 0 Å². The van der Waals surface area contributed by atoms with E-state index in [0.29, 0.717) is 14.4 Å². The lowest BCUT2D eigenvalue weighted by molar-refractivity contribution is -0.113. The summed E-state index contributed by atoms with van der Waals surface area (Å²) in [5.41, 5.74) is 1.80. The first-order valence-corrected chi connectivity index (χ1v) is 9.07. The van der Waals surface area contributed by atoms with E-state index in [1.807, 2.05) is 37.3 Å². The van der Waals surface area contributed by atoms with Crippen LogP contribution in [0.1, 0.15) is 11.1 Å². The van der Waals surface area contributed by atoms with Crippen molar-refractivity contribution in [3.63, 3.8) is 0 Å². The molecular formula is C17H13N3O3S2. The van der Waals surface area contributed by atoms with E-state index in [1.54, 1.807) is 0 Å². The number of H-pyrrole nitrogens is 1. The predicted octanol–water partition coefficient (Wildman–Crippen LogP) is 3.21. The summed E-state index contributed by atoms with van der Waals surface area (Å²) in [5.74, 6) is -0.254. The Morgan fingerprint density at radius 3 is 2.92 bits per heavy atom. The van der Waals surface area contributed by atoms with E-state index in [2.05, 4.69) is 10.3 Å². The van der Waals surface area contributed by atoms with Crippen LogP contribution in [0.25, 0.3) is 10.2 Å². The quantitative estimate of drug-likeness (QED) is 0.611. The van der Waals surface area contributed by atoms with Crippen LogP contribution in [-0.2, 0) is 4.79 Å². The van der Waals surface area contributed by atoms with Crippen molar-refractivity contribution in [2.45, 2.75) is 11.1 Å². The number of nitriles is 1. The molecule has 1 amide bonds. The molecule has 0 saturated heterocycles. The number of aromatic nitrogens is 1. The smallest absolute Gasteiger partial charge is 0.252 e. The number of pyridine rings is 1. The molecule has 0 atom stereocenters. The number of amides is 1. The Hall–Kier alpha value is -2.76. The Kier molecular flexibility index (Phi) is 4.79. The molecule has 0 bridgehead atoms. The number of nitrogens with zero attached hydrogens (tertiary/aromatic N) is 1. The lowest BCUT2D eigenvalue weighted by Gasteiger charge is -2.07. The second-order valence-corrected chi connectivity index (χ2v) is 7.52. The molecule has 0 fully saturated rings. The molecule has 2 aromatic heterocycles. The maximum absolute atomic E-state index is 12.2. The van der Waals surface area contributed by atoms with Crippen LogP contribution in [0, 0.1) is 18.3 Å². The fourth-order valence-electron chi connectivity index (χ4n) is 2.29. The van der Waals surface area contributed by atoms with E-state index in [1.165, 1.54) is 23.1 Å². The van der Waals surface area contributed by atoms with Crippen molar-refractivity contribution in [2.24, 2.45) is 0 Å². The molecule has 3 N–H and O–H groups in total. The minimum absolute atomic E-state index is 0.112. The number of nitrogens with one attached hydrogen (secondary N) is 2. The van der Waals surface area contributed by atoms with Crippen LogP contribution in [-0.4, -0.2) is 21.8 Å². The molecule has 1 aromatic carbocycles. The molecule has 0 aliphatic rings. The number of para-hydroxylation sites is 1. The summed E-state index contributed by atoms with van der Waals surface area (Å²) < 4.78 is 1.01. The normalized spacial score (nSPS) is 10.6. The highest BCUT2D eigenvalue weighted by Gasteiger charge is 2.17. The number of hydrogen-bond donors (Lipinski definition) is 3. The van der Waals surface area contributed by atoms with Crippen molar-refractivity contribution in [1.29, 1.82) is 5.26 Å². The summed E-state index contributed by atoms with van der Waals surface area (Å²) in [6.07, 6.45) is 0. The average molecular weight is 371 g/mol. The maximum Gasteiger partial charge on any atom is 0.252 e. The first kappa shape index (κ1) is 17.1. The Labute approximate surface area is 151 Å². The Morgan fingerprint density at radius 1 is 1.44 bits per heavy atom. The van der Waals surface area contributed by atoms with Gasteiger partial charge in [0.05, 0.1) is 20.2 Å². The summed E-state index contributed by atoms with van der Waals surface area (Å²) in [6.45, 7) is 1.90. The van der Waals surface area contributed by atoms with Crippen LogP contribution < -0.4 is 10.9 Å². The molecule has 6 nitrogen and oxygen atoms in total. The minimum Gasteiger partial charge on any atom is -0.506 e. The van der Waals surface area contributed by atoms with E-state index in [0.717, 1.165) is 17.3 Å². The van der Waals surface area contributed by atoms with Gasteiger partial charge in [-0.1, -0.05) is 18.2 Å². The van der Waals surface area contributed by atoms with Crippen LogP contribution >= 0.6 is 23.1 Å². The molecule has 0 saturated carbocycles. The lowest BCUT2D eigenvalue weighted by Crippen LogP contribution is -2.14. The second kappa shape index (κ2) is 7.01. The van der Waals surface area contributed by atoms with Gasteiger partial charge in [0.2, 0.25) is 5.91 Å². The monoisotopic (exact) mass is 371 g/mol. The summed E-state index contributed by atoms with van der Waals surface area (Å²) in [4.78, 5) is 26.2. The topological polar surface area (TPSA) is 106 Å². The number of carbonyl (C=O) groups is 1. The molecule has 0 unspecified atom stereocenters. The number of anilines is 1. The van der Waals surface area contributed by atoms with Crippen molar-refractivity contribution in [3.8, 4) is 11.8 Å². The second-order valence-electron chi connectivity index (χ2n) is 5.25. The average Bonchev–Trinajstić information content (AvgIpc) is 2.93. The van der Waals surface area contributed by atoms with Crippen molar-refractivity contribution in [2.75, 3.05) is 11.1 Å². The van der Waals surface area contributed by atoms with Crippen molar-refractivity contribution in [3.05, 3.63) is 51.8 Å². The summed E-state index contributed by atoms with van der Waals surface area (Å²) in [7, 11) is 0. The van der Waals surface area contributed by atoms with Crippen LogP contribution in [0.4, 0.5) is 5.69 Å². The zero-order valence-corrected chi connectivity index (χ0v) is 14.8. The summed E-state index contributed by atoms with van der Waals surface area (Å²) in [6, 6.07) is 10.6. The third-order valence-corrected chi connectivity index (χ3v) is 5.97. The first-order valence-electron chi connectivity index (χ1n) is 7.26. The van der Waals surface area contributed by atoms with E-state index in [4.69, 9.17) is 0 Å². The molecule has 0 radical (unpaired) electrons. The molecule has 2 heterocycles. The third-order valence-electron chi connectivity index (χ3n) is 3.49. The number of fused-ring (bicyclic) bond motifs is 1. The van der Waals surface area contributed by atoms with Crippen LogP contribution in [0.2, 0.25) is 0 Å². The standard InChI is InChI=1S/C17H13N3O3S2/c1-9-4-2-3-5-11(9)19-14(23)8-24-17-10(7-18)15-16(25-17)12(21)6-13(22)20-15/h2-6H,8H2,1H3,(H,19,23)(H2,20,21,22). The van der Waals surface area contributed by atoms with E-state index < -0.39 is 5.56 Å². The third kappa shape index (κ3) is 3.52. The van der Waals surface area contributed by atoms with Crippen LogP contribution in [0.3, 0.4) is 0 Å². The van der Waals surface area contributed by atoms with Crippen molar-refractivity contribution in [1.82, 2.24) is 4.98 Å². The number of benzene rings is 1. The number of thioether (sulfide) groups is 1. The Bertz CT molecular complexity index is 1060. The van der Waals surface area contributed by atoms with Gasteiger partial charge in [0.25, 0.3) is 5.56 Å². The highest BCUT2D eigenvalue weighted by atomic mass is 32.2. The lowest BCUT2D eigenvalue weighted by atomic mass is 10.2. The van der Waals surface area contributed by atoms with Gasteiger partial charge in [-0.05, 0) is 18.6 Å². The molecule has 0 aliphatic carbocycles. The minimum atomic E-state index is -0.479. The van der Waals surface area contributed by atoms with Gasteiger partial charge in [0.1, 0.15) is 17.4 Å². The number of aryl methyl sites for hydroxylation is 1.